The molecule has 0 spiro atoms. The van der Waals surface area contributed by atoms with Crippen molar-refractivity contribution in [2.45, 2.75) is 26.8 Å². The van der Waals surface area contributed by atoms with Gasteiger partial charge in [0.05, 0.1) is 11.0 Å². The first-order chi connectivity index (χ1) is 9.49. The van der Waals surface area contributed by atoms with E-state index in [2.05, 4.69) is 30.6 Å². The van der Waals surface area contributed by atoms with Crippen LogP contribution in [-0.2, 0) is 0 Å². The van der Waals surface area contributed by atoms with Crippen LogP contribution in [0.3, 0.4) is 0 Å². The van der Waals surface area contributed by atoms with Crippen molar-refractivity contribution in [2.75, 3.05) is 5.32 Å². The zero-order valence-corrected chi connectivity index (χ0v) is 12.6. The highest BCUT2D eigenvalue weighted by Crippen LogP contribution is 2.31. The van der Waals surface area contributed by atoms with E-state index in [9.17, 15) is 10.1 Å². The molecule has 5 heteroatoms. The predicted molar refractivity (Wildman–Crippen MR) is 83.4 cm³/mol. The summed E-state index contributed by atoms with van der Waals surface area (Å²) in [6.07, 6.45) is 0. The van der Waals surface area contributed by atoms with Gasteiger partial charge in [-0.1, -0.05) is 19.9 Å². The van der Waals surface area contributed by atoms with Gasteiger partial charge in [-0.25, -0.2) is 0 Å². The van der Waals surface area contributed by atoms with Gasteiger partial charge in [0.15, 0.2) is 0 Å². The van der Waals surface area contributed by atoms with Gasteiger partial charge in [0.25, 0.3) is 5.69 Å². The van der Waals surface area contributed by atoms with Crippen molar-refractivity contribution in [3.05, 3.63) is 56.3 Å². The highest BCUT2D eigenvalue weighted by Gasteiger charge is 2.18. The molecule has 1 unspecified atom stereocenters. The Morgan fingerprint density at radius 1 is 1.30 bits per heavy atom. The molecule has 1 heterocycles. The van der Waals surface area contributed by atoms with Crippen LogP contribution in [-0.4, -0.2) is 4.92 Å². The van der Waals surface area contributed by atoms with Gasteiger partial charge in [-0.3, -0.25) is 10.1 Å². The summed E-state index contributed by atoms with van der Waals surface area (Å²) in [7, 11) is 0. The van der Waals surface area contributed by atoms with Gasteiger partial charge in [-0.2, -0.15) is 0 Å². The topological polar surface area (TPSA) is 55.2 Å². The maximum absolute atomic E-state index is 10.8. The van der Waals surface area contributed by atoms with Crippen LogP contribution < -0.4 is 5.32 Å². The lowest BCUT2D eigenvalue weighted by molar-refractivity contribution is -0.384. The molecule has 0 saturated heterocycles. The number of aryl methyl sites for hydroxylation is 1. The zero-order chi connectivity index (χ0) is 14.7. The first-order valence-corrected chi connectivity index (χ1v) is 7.42. The second-order valence-corrected chi connectivity index (χ2v) is 6.12. The van der Waals surface area contributed by atoms with Gasteiger partial charge < -0.3 is 5.32 Å². The SMILES string of the molecule is Cc1cc([N+](=O)[O-])ccc1NC(c1cccs1)C(C)C. The van der Waals surface area contributed by atoms with Gasteiger partial charge in [0.1, 0.15) is 0 Å². The quantitative estimate of drug-likeness (QED) is 0.637. The smallest absolute Gasteiger partial charge is 0.269 e. The van der Waals surface area contributed by atoms with Crippen LogP contribution in [0.15, 0.2) is 35.7 Å². The monoisotopic (exact) mass is 290 g/mol. The standard InChI is InChI=1S/C15H18N2O2S/c1-10(2)15(14-5-4-8-20-14)16-13-7-6-12(17(18)19)9-11(13)3/h4-10,15-16H,1-3H3. The van der Waals surface area contributed by atoms with Gasteiger partial charge in [0, 0.05) is 22.7 Å². The second kappa shape index (κ2) is 6.05. The third-order valence-corrected chi connectivity index (χ3v) is 4.20. The Balaban J connectivity index is 2.25. The number of nitro benzene ring substituents is 1. The lowest BCUT2D eigenvalue weighted by Gasteiger charge is -2.23. The number of nitrogens with zero attached hydrogens (tertiary/aromatic N) is 1. The van der Waals surface area contributed by atoms with Crippen molar-refractivity contribution in [3.8, 4) is 0 Å². The van der Waals surface area contributed by atoms with Crippen LogP contribution >= 0.6 is 11.3 Å². The summed E-state index contributed by atoms with van der Waals surface area (Å²) in [5.74, 6) is 0.434. The molecule has 0 radical (unpaired) electrons. The third-order valence-electron chi connectivity index (χ3n) is 3.25. The summed E-state index contributed by atoms with van der Waals surface area (Å²) in [6, 6.07) is 9.31. The predicted octanol–water partition coefficient (Wildman–Crippen LogP) is 4.77. The van der Waals surface area contributed by atoms with Crippen molar-refractivity contribution in [2.24, 2.45) is 5.92 Å². The molecule has 0 aliphatic rings. The normalized spacial score (nSPS) is 12.4. The molecular weight excluding hydrogens is 272 g/mol. The molecule has 1 N–H and O–H groups in total. The molecule has 2 aromatic rings. The molecule has 1 aromatic heterocycles. The van der Waals surface area contributed by atoms with Crippen LogP contribution in [0.2, 0.25) is 0 Å². The van der Waals surface area contributed by atoms with Crippen LogP contribution in [0.25, 0.3) is 0 Å². The minimum atomic E-state index is -0.365. The van der Waals surface area contributed by atoms with Gasteiger partial charge >= 0.3 is 0 Å². The van der Waals surface area contributed by atoms with Crippen molar-refractivity contribution in [3.63, 3.8) is 0 Å². The van der Waals surface area contributed by atoms with Crippen molar-refractivity contribution >= 4 is 22.7 Å². The Morgan fingerprint density at radius 3 is 2.55 bits per heavy atom. The summed E-state index contributed by atoms with van der Waals surface area (Å²) in [6.45, 7) is 6.22. The number of rotatable bonds is 5. The van der Waals surface area contributed by atoms with E-state index in [1.807, 2.05) is 13.0 Å². The molecule has 0 amide bonds. The maximum Gasteiger partial charge on any atom is 0.269 e. The van der Waals surface area contributed by atoms with E-state index in [1.165, 1.54) is 4.88 Å². The van der Waals surface area contributed by atoms with Crippen LogP contribution in [0.1, 0.15) is 30.3 Å². The van der Waals surface area contributed by atoms with Gasteiger partial charge in [-0.05, 0) is 35.9 Å². The fourth-order valence-electron chi connectivity index (χ4n) is 2.13. The molecule has 20 heavy (non-hydrogen) atoms. The number of anilines is 1. The Kier molecular flexibility index (Phi) is 4.39. The first-order valence-electron chi connectivity index (χ1n) is 6.54. The number of non-ortho nitro benzene ring substituents is 1. The maximum atomic E-state index is 10.8. The number of thiophene rings is 1. The van der Waals surface area contributed by atoms with E-state index in [-0.39, 0.29) is 16.7 Å². The molecule has 0 aliphatic heterocycles. The van der Waals surface area contributed by atoms with E-state index >= 15 is 0 Å². The Morgan fingerprint density at radius 2 is 2.05 bits per heavy atom. The third kappa shape index (κ3) is 3.17. The summed E-state index contributed by atoms with van der Waals surface area (Å²) in [5, 5.41) is 16.3. The molecule has 1 aromatic carbocycles. The zero-order valence-electron chi connectivity index (χ0n) is 11.8. The van der Waals surface area contributed by atoms with Gasteiger partial charge in [-0.15, -0.1) is 11.3 Å². The average Bonchev–Trinajstić information content (AvgIpc) is 2.90. The van der Waals surface area contributed by atoms with E-state index in [4.69, 9.17) is 0 Å². The van der Waals surface area contributed by atoms with E-state index in [1.54, 1.807) is 29.5 Å². The molecule has 106 valence electrons. The van der Waals surface area contributed by atoms with E-state index in [0.717, 1.165) is 11.3 Å². The molecular formula is C15H18N2O2S. The lowest BCUT2D eigenvalue weighted by Crippen LogP contribution is -2.16. The average molecular weight is 290 g/mol. The number of hydrogen-bond acceptors (Lipinski definition) is 4. The summed E-state index contributed by atoms with van der Waals surface area (Å²) >= 11 is 1.72. The van der Waals surface area contributed by atoms with Crippen molar-refractivity contribution in [1.82, 2.24) is 0 Å². The first kappa shape index (κ1) is 14.5. The lowest BCUT2D eigenvalue weighted by atomic mass is 10.0. The fraction of sp³-hybridized carbons (Fsp3) is 0.333. The molecule has 4 nitrogen and oxygen atoms in total. The number of benzene rings is 1. The molecule has 0 saturated carbocycles. The highest BCUT2D eigenvalue weighted by atomic mass is 32.1. The molecule has 1 atom stereocenters. The molecule has 0 bridgehead atoms. The van der Waals surface area contributed by atoms with Crippen LogP contribution in [0, 0.1) is 23.0 Å². The largest absolute Gasteiger partial charge is 0.377 e. The number of nitro groups is 1. The van der Waals surface area contributed by atoms with Crippen molar-refractivity contribution < 1.29 is 4.92 Å². The summed E-state index contributed by atoms with van der Waals surface area (Å²) < 4.78 is 0. The summed E-state index contributed by atoms with van der Waals surface area (Å²) in [5.41, 5.74) is 1.97. The van der Waals surface area contributed by atoms with E-state index in [0.29, 0.717) is 5.92 Å². The van der Waals surface area contributed by atoms with Gasteiger partial charge in [0.2, 0.25) is 0 Å². The minimum absolute atomic E-state index is 0.130. The molecule has 0 fully saturated rings. The molecule has 0 aliphatic carbocycles. The number of hydrogen-bond donors (Lipinski definition) is 1. The summed E-state index contributed by atoms with van der Waals surface area (Å²) in [4.78, 5) is 11.7. The Hall–Kier alpha value is -1.88. The van der Waals surface area contributed by atoms with Crippen LogP contribution in [0.5, 0.6) is 0 Å². The Bertz CT molecular complexity index is 594. The fourth-order valence-corrected chi connectivity index (χ4v) is 3.07. The van der Waals surface area contributed by atoms with Crippen LogP contribution in [0.4, 0.5) is 11.4 Å². The highest BCUT2D eigenvalue weighted by molar-refractivity contribution is 7.10. The second-order valence-electron chi connectivity index (χ2n) is 5.14. The minimum Gasteiger partial charge on any atom is -0.377 e. The number of nitrogens with one attached hydrogen (secondary N) is 1. The molecule has 2 rings (SSSR count). The van der Waals surface area contributed by atoms with Crippen molar-refractivity contribution in [1.29, 1.82) is 0 Å². The van der Waals surface area contributed by atoms with E-state index < -0.39 is 0 Å². The Labute approximate surface area is 122 Å².